The quantitative estimate of drug-likeness (QED) is 0.524. The van der Waals surface area contributed by atoms with Crippen molar-refractivity contribution in [2.24, 2.45) is 5.92 Å². The fourth-order valence-corrected chi connectivity index (χ4v) is 5.63. The molecule has 0 radical (unpaired) electrons. The highest BCUT2D eigenvalue weighted by Crippen LogP contribution is 2.27. The third-order valence-corrected chi connectivity index (χ3v) is 7.93. The van der Waals surface area contributed by atoms with Gasteiger partial charge in [-0.15, -0.1) is 0 Å². The summed E-state index contributed by atoms with van der Waals surface area (Å²) in [4.78, 5) is 19.2. The first-order valence-electron chi connectivity index (χ1n) is 10.6. The molecule has 2 aromatic carbocycles. The number of hydrogen-bond acceptors (Lipinski definition) is 6. The van der Waals surface area contributed by atoms with E-state index < -0.39 is 15.9 Å². The number of carbonyl (C=O) groups excluding carboxylic acids is 1. The van der Waals surface area contributed by atoms with Crippen LogP contribution < -0.4 is 0 Å². The predicted octanol–water partition coefficient (Wildman–Crippen LogP) is 3.76. The van der Waals surface area contributed by atoms with Crippen molar-refractivity contribution in [3.63, 3.8) is 0 Å². The Labute approximate surface area is 198 Å². The van der Waals surface area contributed by atoms with Gasteiger partial charge in [0.2, 0.25) is 27.6 Å². The van der Waals surface area contributed by atoms with Gasteiger partial charge < -0.3 is 9.42 Å². The topological polar surface area (TPSA) is 96.6 Å². The minimum absolute atomic E-state index is 0.123. The summed E-state index contributed by atoms with van der Waals surface area (Å²) >= 11 is 6.19. The Morgan fingerprint density at radius 1 is 1.21 bits per heavy atom. The molecule has 1 saturated heterocycles. The first-order valence-corrected chi connectivity index (χ1v) is 12.5. The van der Waals surface area contributed by atoms with Crippen molar-refractivity contribution in [3.05, 3.63) is 65.0 Å². The molecule has 0 aliphatic carbocycles. The van der Waals surface area contributed by atoms with E-state index in [1.54, 1.807) is 43.4 Å². The molecule has 10 heteroatoms. The zero-order valence-electron chi connectivity index (χ0n) is 18.4. The number of rotatable bonds is 6. The van der Waals surface area contributed by atoms with Crippen molar-refractivity contribution in [2.75, 3.05) is 20.1 Å². The number of hydrogen-bond donors (Lipinski definition) is 0. The summed E-state index contributed by atoms with van der Waals surface area (Å²) in [5, 5.41) is 4.47. The number of aromatic nitrogens is 2. The molecule has 0 unspecified atom stereocenters. The van der Waals surface area contributed by atoms with Gasteiger partial charge >= 0.3 is 0 Å². The Morgan fingerprint density at radius 3 is 2.67 bits per heavy atom. The number of sulfonamides is 1. The molecular weight excluding hydrogens is 464 g/mol. The fraction of sp³-hybridized carbons (Fsp3) is 0.348. The Bertz CT molecular complexity index is 1240. The van der Waals surface area contributed by atoms with E-state index in [1.165, 1.54) is 9.21 Å². The maximum atomic E-state index is 13.1. The fourth-order valence-electron chi connectivity index (χ4n) is 3.89. The van der Waals surface area contributed by atoms with Crippen LogP contribution in [0, 0.1) is 12.8 Å². The van der Waals surface area contributed by atoms with Gasteiger partial charge in [0.1, 0.15) is 0 Å². The Hall–Kier alpha value is -2.75. The van der Waals surface area contributed by atoms with E-state index in [1.807, 2.05) is 19.1 Å². The Morgan fingerprint density at radius 2 is 1.94 bits per heavy atom. The van der Waals surface area contributed by atoms with E-state index in [0.717, 1.165) is 5.56 Å². The lowest BCUT2D eigenvalue weighted by atomic mass is 9.98. The smallest absolute Gasteiger partial charge is 0.246 e. The van der Waals surface area contributed by atoms with Crippen LogP contribution in [0.5, 0.6) is 0 Å². The van der Waals surface area contributed by atoms with Gasteiger partial charge in [0.25, 0.3) is 0 Å². The van der Waals surface area contributed by atoms with Crippen LogP contribution >= 0.6 is 11.6 Å². The molecule has 1 amide bonds. The van der Waals surface area contributed by atoms with Crippen LogP contribution in [-0.2, 0) is 21.4 Å². The highest BCUT2D eigenvalue weighted by atomic mass is 35.5. The number of carbonyl (C=O) groups is 1. The maximum Gasteiger partial charge on any atom is 0.246 e. The van der Waals surface area contributed by atoms with Gasteiger partial charge in [0.05, 0.1) is 22.4 Å². The Kier molecular flexibility index (Phi) is 6.83. The van der Waals surface area contributed by atoms with Gasteiger partial charge in [-0.1, -0.05) is 46.6 Å². The highest BCUT2D eigenvalue weighted by molar-refractivity contribution is 7.89. The van der Waals surface area contributed by atoms with Crippen molar-refractivity contribution >= 4 is 27.5 Å². The van der Waals surface area contributed by atoms with Crippen molar-refractivity contribution in [2.45, 2.75) is 31.2 Å². The summed E-state index contributed by atoms with van der Waals surface area (Å²) in [7, 11) is -2.00. The molecule has 33 heavy (non-hydrogen) atoms. The van der Waals surface area contributed by atoms with Crippen LogP contribution in [0.25, 0.3) is 11.4 Å². The number of nitrogens with zero attached hydrogens (tertiary/aromatic N) is 4. The van der Waals surface area contributed by atoms with Crippen LogP contribution in [0.4, 0.5) is 0 Å². The molecule has 4 rings (SSSR count). The van der Waals surface area contributed by atoms with Crippen molar-refractivity contribution in [1.82, 2.24) is 19.3 Å². The first kappa shape index (κ1) is 23.4. The summed E-state index contributed by atoms with van der Waals surface area (Å²) in [5.74, 6) is 0.0384. The van der Waals surface area contributed by atoms with E-state index in [9.17, 15) is 13.2 Å². The van der Waals surface area contributed by atoms with Crippen molar-refractivity contribution in [3.8, 4) is 11.4 Å². The molecule has 1 aliphatic rings. The molecule has 1 aliphatic heterocycles. The molecule has 0 saturated carbocycles. The van der Waals surface area contributed by atoms with Crippen LogP contribution in [0.3, 0.4) is 0 Å². The molecule has 1 aromatic heterocycles. The van der Waals surface area contributed by atoms with Gasteiger partial charge in [-0.3, -0.25) is 4.79 Å². The predicted molar refractivity (Wildman–Crippen MR) is 124 cm³/mol. The highest BCUT2D eigenvalue weighted by Gasteiger charge is 2.34. The SMILES string of the molecule is Cc1ccc(S(=O)(=O)N2CCC[C@H](C(=O)N(C)Cc3nc(-c4ccccc4Cl)no3)C2)cc1. The minimum Gasteiger partial charge on any atom is -0.337 e. The summed E-state index contributed by atoms with van der Waals surface area (Å²) in [6.45, 7) is 2.57. The zero-order chi connectivity index (χ0) is 23.6. The molecule has 8 nitrogen and oxygen atoms in total. The normalized spacial score (nSPS) is 17.1. The van der Waals surface area contributed by atoms with Gasteiger partial charge in [0, 0.05) is 25.7 Å². The zero-order valence-corrected chi connectivity index (χ0v) is 20.0. The first-order chi connectivity index (χ1) is 15.8. The molecule has 1 atom stereocenters. The molecule has 174 valence electrons. The van der Waals surface area contributed by atoms with Gasteiger partial charge in [-0.25, -0.2) is 8.42 Å². The third-order valence-electron chi connectivity index (χ3n) is 5.72. The van der Waals surface area contributed by atoms with Gasteiger partial charge in [0.15, 0.2) is 0 Å². The lowest BCUT2D eigenvalue weighted by Crippen LogP contribution is -2.45. The summed E-state index contributed by atoms with van der Waals surface area (Å²) in [6.07, 6.45) is 1.24. The molecule has 0 bridgehead atoms. The van der Waals surface area contributed by atoms with Crippen LogP contribution in [-0.4, -0.2) is 53.8 Å². The van der Waals surface area contributed by atoms with E-state index >= 15 is 0 Å². The molecular formula is C23H25ClN4O4S. The lowest BCUT2D eigenvalue weighted by molar-refractivity contribution is -0.136. The van der Waals surface area contributed by atoms with E-state index in [4.69, 9.17) is 16.1 Å². The maximum absolute atomic E-state index is 13.1. The number of aryl methyl sites for hydroxylation is 1. The van der Waals surface area contributed by atoms with Crippen LogP contribution in [0.2, 0.25) is 5.02 Å². The third kappa shape index (κ3) is 5.10. The van der Waals surface area contributed by atoms with Crippen LogP contribution in [0.15, 0.2) is 57.9 Å². The largest absolute Gasteiger partial charge is 0.337 e. The second kappa shape index (κ2) is 9.62. The van der Waals surface area contributed by atoms with Crippen molar-refractivity contribution < 1.29 is 17.7 Å². The summed E-state index contributed by atoms with van der Waals surface area (Å²) in [6, 6.07) is 13.9. The molecule has 0 N–H and O–H groups in total. The number of amides is 1. The lowest BCUT2D eigenvalue weighted by Gasteiger charge is -2.33. The second-order valence-corrected chi connectivity index (χ2v) is 10.5. The van der Waals surface area contributed by atoms with Crippen molar-refractivity contribution in [1.29, 1.82) is 0 Å². The Balaban J connectivity index is 1.42. The monoisotopic (exact) mass is 488 g/mol. The second-order valence-electron chi connectivity index (χ2n) is 8.20. The van der Waals surface area contributed by atoms with Gasteiger partial charge in [-0.2, -0.15) is 9.29 Å². The number of halogens is 1. The van der Waals surface area contributed by atoms with Crippen LogP contribution in [0.1, 0.15) is 24.3 Å². The van der Waals surface area contributed by atoms with E-state index in [0.29, 0.717) is 35.8 Å². The standard InChI is InChI=1S/C23H25ClN4O4S/c1-16-9-11-18(12-10-16)33(30,31)28-13-5-6-17(14-28)23(29)27(2)15-21-25-22(26-32-21)19-7-3-4-8-20(19)24/h3-4,7-12,17H,5-6,13-15H2,1-2H3/t17-/m0/s1. The number of piperidine rings is 1. The van der Waals surface area contributed by atoms with E-state index in [-0.39, 0.29) is 29.8 Å². The van der Waals surface area contributed by atoms with E-state index in [2.05, 4.69) is 10.1 Å². The summed E-state index contributed by atoms with van der Waals surface area (Å²) < 4.78 is 32.8. The van der Waals surface area contributed by atoms with Gasteiger partial charge in [-0.05, 0) is 44.0 Å². The molecule has 1 fully saturated rings. The molecule has 0 spiro atoms. The average molecular weight is 489 g/mol. The minimum atomic E-state index is -3.65. The molecule has 2 heterocycles. The average Bonchev–Trinajstić information content (AvgIpc) is 3.27. The summed E-state index contributed by atoms with van der Waals surface area (Å²) in [5.41, 5.74) is 1.63. The molecule has 3 aromatic rings. The number of benzene rings is 2.